The van der Waals surface area contributed by atoms with Crippen molar-refractivity contribution in [3.05, 3.63) is 53.4 Å². The smallest absolute Gasteiger partial charge is 0.275 e. The van der Waals surface area contributed by atoms with Crippen molar-refractivity contribution in [3.63, 3.8) is 0 Å². The highest BCUT2D eigenvalue weighted by atomic mass is 16.3. The van der Waals surface area contributed by atoms with Crippen LogP contribution in [0.15, 0.2) is 40.8 Å². The van der Waals surface area contributed by atoms with E-state index in [0.29, 0.717) is 11.7 Å². The summed E-state index contributed by atoms with van der Waals surface area (Å²) in [6.07, 6.45) is 7.74. The van der Waals surface area contributed by atoms with Gasteiger partial charge in [0.05, 0.1) is 11.1 Å². The van der Waals surface area contributed by atoms with Gasteiger partial charge in [0.25, 0.3) is 5.91 Å². The third kappa shape index (κ3) is 3.59. The first-order chi connectivity index (χ1) is 15.0. The molecule has 5 rings (SSSR count). The van der Waals surface area contributed by atoms with Gasteiger partial charge in [-0.1, -0.05) is 43.9 Å². The number of carbonyl (C=O) groups excluding carboxylic acids is 1. The van der Waals surface area contributed by atoms with Gasteiger partial charge in [0, 0.05) is 37.0 Å². The number of benzene rings is 1. The number of nitrogens with zero attached hydrogens (tertiary/aromatic N) is 2. The molecule has 3 aromatic rings. The Morgan fingerprint density at radius 3 is 2.58 bits per heavy atom. The van der Waals surface area contributed by atoms with E-state index in [1.165, 1.54) is 38.5 Å². The summed E-state index contributed by atoms with van der Waals surface area (Å²) in [5, 5.41) is 3.86. The van der Waals surface area contributed by atoms with Crippen LogP contribution in [0.5, 0.6) is 0 Å². The molecule has 1 aliphatic heterocycles. The molecule has 1 fully saturated rings. The average Bonchev–Trinajstić information content (AvgIpc) is 3.13. The summed E-state index contributed by atoms with van der Waals surface area (Å²) in [4.78, 5) is 15.9. The van der Waals surface area contributed by atoms with Gasteiger partial charge in [-0.15, -0.1) is 0 Å². The Bertz CT molecular complexity index is 1100. The number of carbonyl (C=O) groups is 1. The maximum atomic E-state index is 13.9. The third-order valence-corrected chi connectivity index (χ3v) is 7.16. The SMILES string of the molecule is Cc1cc2c(cc3n2CC(C)(CNC2CCCCCC2)N(c2ccccc2C)C3=O)o1. The predicted molar refractivity (Wildman–Crippen MR) is 125 cm³/mol. The van der Waals surface area contributed by atoms with E-state index in [2.05, 4.69) is 41.9 Å². The van der Waals surface area contributed by atoms with Crippen molar-refractivity contribution >= 4 is 22.7 Å². The van der Waals surface area contributed by atoms with Crippen molar-refractivity contribution in [1.29, 1.82) is 0 Å². The van der Waals surface area contributed by atoms with Gasteiger partial charge in [0.1, 0.15) is 11.5 Å². The quantitative estimate of drug-likeness (QED) is 0.562. The first-order valence-electron chi connectivity index (χ1n) is 11.7. The Hall–Kier alpha value is -2.53. The molecule has 1 amide bonds. The molecule has 1 N–H and O–H groups in total. The highest BCUT2D eigenvalue weighted by Gasteiger charge is 2.44. The van der Waals surface area contributed by atoms with Crippen molar-refractivity contribution in [2.24, 2.45) is 0 Å². The highest BCUT2D eigenvalue weighted by molar-refractivity contribution is 6.09. The molecular formula is C26H33N3O2. The molecule has 0 saturated heterocycles. The van der Waals surface area contributed by atoms with Gasteiger partial charge in [0.2, 0.25) is 0 Å². The van der Waals surface area contributed by atoms with E-state index in [0.717, 1.165) is 41.2 Å². The molecule has 0 bridgehead atoms. The van der Waals surface area contributed by atoms with Crippen LogP contribution in [0, 0.1) is 13.8 Å². The molecule has 1 saturated carbocycles. The van der Waals surface area contributed by atoms with Gasteiger partial charge in [-0.25, -0.2) is 0 Å². The molecule has 1 aliphatic carbocycles. The molecule has 31 heavy (non-hydrogen) atoms. The van der Waals surface area contributed by atoms with Gasteiger partial charge < -0.3 is 14.3 Å². The lowest BCUT2D eigenvalue weighted by Gasteiger charge is -2.46. The van der Waals surface area contributed by atoms with Gasteiger partial charge in [0.15, 0.2) is 5.58 Å². The summed E-state index contributed by atoms with van der Waals surface area (Å²) < 4.78 is 8.03. The summed E-state index contributed by atoms with van der Waals surface area (Å²) in [5.41, 5.74) is 4.27. The van der Waals surface area contributed by atoms with Gasteiger partial charge >= 0.3 is 0 Å². The van der Waals surface area contributed by atoms with Crippen molar-refractivity contribution in [1.82, 2.24) is 9.88 Å². The zero-order chi connectivity index (χ0) is 21.6. The molecule has 0 spiro atoms. The number of hydrogen-bond donors (Lipinski definition) is 1. The fraction of sp³-hybridized carbons (Fsp3) is 0.500. The fourth-order valence-electron chi connectivity index (χ4n) is 5.48. The maximum absolute atomic E-state index is 13.9. The molecule has 5 nitrogen and oxygen atoms in total. The number of nitrogens with one attached hydrogen (secondary N) is 1. The number of para-hydroxylation sites is 1. The van der Waals surface area contributed by atoms with Crippen LogP contribution in [0.25, 0.3) is 11.1 Å². The van der Waals surface area contributed by atoms with E-state index in [1.807, 2.05) is 30.0 Å². The molecule has 5 heteroatoms. The summed E-state index contributed by atoms with van der Waals surface area (Å²) in [5.74, 6) is 0.933. The number of hydrogen-bond acceptors (Lipinski definition) is 3. The summed E-state index contributed by atoms with van der Waals surface area (Å²) >= 11 is 0. The fourth-order valence-corrected chi connectivity index (χ4v) is 5.48. The first-order valence-corrected chi connectivity index (χ1v) is 11.7. The molecule has 1 aromatic carbocycles. The molecule has 2 aromatic heterocycles. The van der Waals surface area contributed by atoms with Crippen LogP contribution in [0.2, 0.25) is 0 Å². The van der Waals surface area contributed by atoms with Gasteiger partial charge in [-0.05, 0) is 45.2 Å². The lowest BCUT2D eigenvalue weighted by atomic mass is 9.93. The number of fused-ring (bicyclic) bond motifs is 3. The topological polar surface area (TPSA) is 50.4 Å². The summed E-state index contributed by atoms with van der Waals surface area (Å²) in [6.45, 7) is 7.79. The van der Waals surface area contributed by atoms with Crippen molar-refractivity contribution in [3.8, 4) is 0 Å². The van der Waals surface area contributed by atoms with Gasteiger partial charge in [-0.3, -0.25) is 9.69 Å². The van der Waals surface area contributed by atoms with E-state index in [1.54, 1.807) is 0 Å². The number of rotatable bonds is 4. The summed E-state index contributed by atoms with van der Waals surface area (Å²) in [6, 6.07) is 12.7. The number of aryl methyl sites for hydroxylation is 2. The maximum Gasteiger partial charge on any atom is 0.275 e. The third-order valence-electron chi connectivity index (χ3n) is 7.16. The lowest BCUT2D eigenvalue weighted by molar-refractivity contribution is 0.0913. The van der Waals surface area contributed by atoms with Gasteiger partial charge in [-0.2, -0.15) is 0 Å². The Morgan fingerprint density at radius 2 is 1.84 bits per heavy atom. The van der Waals surface area contributed by atoms with Crippen LogP contribution < -0.4 is 10.2 Å². The predicted octanol–water partition coefficient (Wildman–Crippen LogP) is 5.58. The van der Waals surface area contributed by atoms with Crippen LogP contribution in [-0.2, 0) is 6.54 Å². The van der Waals surface area contributed by atoms with Crippen molar-refractivity contribution in [2.75, 3.05) is 11.4 Å². The van der Waals surface area contributed by atoms with Crippen molar-refractivity contribution in [2.45, 2.75) is 77.4 Å². The molecule has 0 radical (unpaired) electrons. The minimum atomic E-state index is -0.375. The molecule has 1 unspecified atom stereocenters. The number of aromatic nitrogens is 1. The summed E-state index contributed by atoms with van der Waals surface area (Å²) in [7, 11) is 0. The largest absolute Gasteiger partial charge is 0.460 e. The van der Waals surface area contributed by atoms with E-state index >= 15 is 0 Å². The number of anilines is 1. The van der Waals surface area contributed by atoms with E-state index in [9.17, 15) is 4.79 Å². The first kappa shape index (κ1) is 20.4. The normalized spacial score (nSPS) is 22.7. The standard InChI is InChI=1S/C26H33N3O2/c1-18-10-8-9-13-21(18)29-25(30)23-15-24-22(14-19(2)31-24)28(23)17-26(29,3)16-27-20-11-6-4-5-7-12-20/h8-10,13-15,20,27H,4-7,11-12,16-17H2,1-3H3. The van der Waals surface area contributed by atoms with E-state index in [4.69, 9.17) is 4.42 Å². The minimum Gasteiger partial charge on any atom is -0.460 e. The zero-order valence-corrected chi connectivity index (χ0v) is 18.9. The zero-order valence-electron chi connectivity index (χ0n) is 18.9. The number of amides is 1. The van der Waals surface area contributed by atoms with Crippen molar-refractivity contribution < 1.29 is 9.21 Å². The second kappa shape index (κ2) is 7.86. The Morgan fingerprint density at radius 1 is 1.10 bits per heavy atom. The van der Waals surface area contributed by atoms with E-state index in [-0.39, 0.29) is 11.4 Å². The second-order valence-corrected chi connectivity index (χ2v) is 9.72. The monoisotopic (exact) mass is 419 g/mol. The minimum absolute atomic E-state index is 0.0507. The second-order valence-electron chi connectivity index (χ2n) is 9.72. The van der Waals surface area contributed by atoms with E-state index < -0.39 is 0 Å². The van der Waals surface area contributed by atoms with Crippen LogP contribution in [0.4, 0.5) is 5.69 Å². The Labute approximate surface area is 184 Å². The average molecular weight is 420 g/mol. The molecule has 164 valence electrons. The molecular weight excluding hydrogens is 386 g/mol. The lowest BCUT2D eigenvalue weighted by Crippen LogP contribution is -2.62. The van der Waals surface area contributed by atoms with Crippen LogP contribution in [0.3, 0.4) is 0 Å². The van der Waals surface area contributed by atoms with Crippen LogP contribution >= 0.6 is 0 Å². The molecule has 2 aliphatic rings. The van der Waals surface area contributed by atoms with Crippen LogP contribution in [0.1, 0.15) is 67.3 Å². The van der Waals surface area contributed by atoms with Crippen LogP contribution in [-0.4, -0.2) is 28.6 Å². The molecule has 1 atom stereocenters. The molecule has 3 heterocycles. The Kier molecular flexibility index (Phi) is 5.17. The highest BCUT2D eigenvalue weighted by Crippen LogP contribution is 2.37. The Balaban J connectivity index is 1.55. The number of furan rings is 1.